The van der Waals surface area contributed by atoms with Gasteiger partial charge in [0.15, 0.2) is 0 Å². The number of hydrogen-bond acceptors (Lipinski definition) is 6. The molecule has 1 aliphatic heterocycles. The molecule has 2 aromatic rings. The monoisotopic (exact) mass is 309 g/mol. The number of rotatable bonds is 3. The van der Waals surface area contributed by atoms with Crippen molar-refractivity contribution in [2.24, 2.45) is 10.7 Å². The number of pyridine rings is 1. The van der Waals surface area contributed by atoms with Crippen LogP contribution < -0.4 is 10.6 Å². The molecule has 3 rings (SSSR count). The van der Waals surface area contributed by atoms with Gasteiger partial charge in [-0.1, -0.05) is 12.1 Å². The molecule has 7 heteroatoms. The standard InChI is InChI=1S/C16H15N5O2/c1-11-4-5-13(21(22)23)9-15(11)20-14(6-8-19-16(20)17)12-3-2-7-18-10-12/h2-10,14H,1H3,(H2,17,19). The van der Waals surface area contributed by atoms with Crippen molar-refractivity contribution in [1.82, 2.24) is 4.98 Å². The van der Waals surface area contributed by atoms with Gasteiger partial charge in [0.1, 0.15) is 0 Å². The SMILES string of the molecule is Cc1ccc([N+](=O)[O-])cc1N1C(N)=NC=CC1c1cccnc1. The van der Waals surface area contributed by atoms with E-state index in [1.807, 2.05) is 25.1 Å². The fraction of sp³-hybridized carbons (Fsp3) is 0.125. The van der Waals surface area contributed by atoms with Crippen LogP contribution in [-0.2, 0) is 0 Å². The first-order valence-corrected chi connectivity index (χ1v) is 7.02. The summed E-state index contributed by atoms with van der Waals surface area (Å²) < 4.78 is 0. The summed E-state index contributed by atoms with van der Waals surface area (Å²) in [7, 11) is 0. The molecular weight excluding hydrogens is 294 g/mol. The number of aromatic nitrogens is 1. The fourth-order valence-corrected chi connectivity index (χ4v) is 2.55. The van der Waals surface area contributed by atoms with Crippen LogP contribution in [0.2, 0.25) is 0 Å². The van der Waals surface area contributed by atoms with Gasteiger partial charge < -0.3 is 10.6 Å². The van der Waals surface area contributed by atoms with Crippen molar-refractivity contribution in [2.75, 3.05) is 4.90 Å². The van der Waals surface area contributed by atoms with E-state index in [1.54, 1.807) is 29.6 Å². The van der Waals surface area contributed by atoms with Crippen LogP contribution in [0.15, 0.2) is 60.0 Å². The summed E-state index contributed by atoms with van der Waals surface area (Å²) in [6, 6.07) is 8.25. The Hall–Kier alpha value is -3.22. The quantitative estimate of drug-likeness (QED) is 0.694. The lowest BCUT2D eigenvalue weighted by Gasteiger charge is -2.33. The molecule has 1 aromatic carbocycles. The third-order valence-corrected chi connectivity index (χ3v) is 3.69. The summed E-state index contributed by atoms with van der Waals surface area (Å²) in [6.07, 6.45) is 6.95. The first-order valence-electron chi connectivity index (χ1n) is 7.02. The van der Waals surface area contributed by atoms with E-state index in [2.05, 4.69) is 9.98 Å². The Morgan fingerprint density at radius 3 is 2.87 bits per heavy atom. The number of anilines is 1. The highest BCUT2D eigenvalue weighted by atomic mass is 16.6. The predicted molar refractivity (Wildman–Crippen MR) is 88.1 cm³/mol. The van der Waals surface area contributed by atoms with Gasteiger partial charge in [-0.15, -0.1) is 0 Å². The molecule has 0 saturated carbocycles. The van der Waals surface area contributed by atoms with Crippen molar-refractivity contribution in [3.05, 3.63) is 76.2 Å². The van der Waals surface area contributed by atoms with Crippen molar-refractivity contribution in [3.63, 3.8) is 0 Å². The van der Waals surface area contributed by atoms with Gasteiger partial charge >= 0.3 is 0 Å². The maximum absolute atomic E-state index is 11.1. The maximum Gasteiger partial charge on any atom is 0.271 e. The van der Waals surface area contributed by atoms with Crippen molar-refractivity contribution in [3.8, 4) is 0 Å². The van der Waals surface area contributed by atoms with Crippen LogP contribution >= 0.6 is 0 Å². The van der Waals surface area contributed by atoms with E-state index in [0.717, 1.165) is 11.1 Å². The second-order valence-electron chi connectivity index (χ2n) is 5.16. The van der Waals surface area contributed by atoms with E-state index in [9.17, 15) is 10.1 Å². The van der Waals surface area contributed by atoms with Crippen LogP contribution in [0, 0.1) is 17.0 Å². The van der Waals surface area contributed by atoms with Crippen molar-refractivity contribution >= 4 is 17.3 Å². The number of nitro groups is 1. The molecule has 0 fully saturated rings. The van der Waals surface area contributed by atoms with E-state index in [4.69, 9.17) is 5.73 Å². The van der Waals surface area contributed by atoms with Crippen molar-refractivity contribution < 1.29 is 4.92 Å². The van der Waals surface area contributed by atoms with Gasteiger partial charge in [0, 0.05) is 30.7 Å². The van der Waals surface area contributed by atoms with Crippen LogP contribution in [0.4, 0.5) is 11.4 Å². The van der Waals surface area contributed by atoms with E-state index in [0.29, 0.717) is 5.69 Å². The number of nitrogens with two attached hydrogens (primary N) is 1. The Bertz CT molecular complexity index is 801. The summed E-state index contributed by atoms with van der Waals surface area (Å²) in [5.41, 5.74) is 8.53. The highest BCUT2D eigenvalue weighted by molar-refractivity contribution is 5.98. The third kappa shape index (κ3) is 2.76. The van der Waals surface area contributed by atoms with E-state index in [-0.39, 0.29) is 17.7 Å². The Kier molecular flexibility index (Phi) is 3.76. The molecule has 23 heavy (non-hydrogen) atoms. The van der Waals surface area contributed by atoms with Gasteiger partial charge in [0.25, 0.3) is 5.69 Å². The van der Waals surface area contributed by atoms with Crippen LogP contribution in [0.5, 0.6) is 0 Å². The number of benzene rings is 1. The Morgan fingerprint density at radius 2 is 2.17 bits per heavy atom. The molecule has 1 aromatic heterocycles. The highest BCUT2D eigenvalue weighted by Gasteiger charge is 2.26. The van der Waals surface area contributed by atoms with E-state index in [1.165, 1.54) is 12.1 Å². The normalized spacial score (nSPS) is 17.0. The molecule has 2 heterocycles. The molecular formula is C16H15N5O2. The smallest absolute Gasteiger partial charge is 0.271 e. The van der Waals surface area contributed by atoms with Crippen LogP contribution in [0.1, 0.15) is 17.2 Å². The average Bonchev–Trinajstić information content (AvgIpc) is 2.56. The zero-order chi connectivity index (χ0) is 16.4. The Morgan fingerprint density at radius 1 is 1.35 bits per heavy atom. The molecule has 116 valence electrons. The lowest BCUT2D eigenvalue weighted by molar-refractivity contribution is -0.384. The largest absolute Gasteiger partial charge is 0.369 e. The van der Waals surface area contributed by atoms with Gasteiger partial charge in [0.2, 0.25) is 5.96 Å². The average molecular weight is 309 g/mol. The highest BCUT2D eigenvalue weighted by Crippen LogP contribution is 2.34. The second kappa shape index (κ2) is 5.88. The maximum atomic E-state index is 11.1. The van der Waals surface area contributed by atoms with Crippen LogP contribution in [0.25, 0.3) is 0 Å². The minimum atomic E-state index is -0.421. The number of aliphatic imine (C=N–C) groups is 1. The number of hydrogen-bond donors (Lipinski definition) is 1. The predicted octanol–water partition coefficient (Wildman–Crippen LogP) is 2.69. The zero-order valence-corrected chi connectivity index (χ0v) is 12.5. The molecule has 2 N–H and O–H groups in total. The minimum absolute atomic E-state index is 0.0119. The Balaban J connectivity index is 2.11. The van der Waals surface area contributed by atoms with Crippen molar-refractivity contribution in [2.45, 2.75) is 13.0 Å². The third-order valence-electron chi connectivity index (χ3n) is 3.69. The van der Waals surface area contributed by atoms with Gasteiger partial charge in [-0.2, -0.15) is 0 Å². The number of nitrogens with zero attached hydrogens (tertiary/aromatic N) is 4. The lowest BCUT2D eigenvalue weighted by Crippen LogP contribution is -2.41. The Labute approximate surface area is 132 Å². The summed E-state index contributed by atoms with van der Waals surface area (Å²) in [4.78, 5) is 20.7. The summed E-state index contributed by atoms with van der Waals surface area (Å²) in [6.45, 7) is 1.88. The summed E-state index contributed by atoms with van der Waals surface area (Å²) >= 11 is 0. The molecule has 0 radical (unpaired) electrons. The van der Waals surface area contributed by atoms with Gasteiger partial charge in [0.05, 0.1) is 16.7 Å². The minimum Gasteiger partial charge on any atom is -0.369 e. The number of nitro benzene ring substituents is 1. The molecule has 1 aliphatic rings. The summed E-state index contributed by atoms with van der Waals surface area (Å²) in [5.74, 6) is 0.282. The van der Waals surface area contributed by atoms with Crippen LogP contribution in [-0.4, -0.2) is 15.9 Å². The first kappa shape index (κ1) is 14.7. The molecule has 0 saturated heterocycles. The molecule has 7 nitrogen and oxygen atoms in total. The van der Waals surface area contributed by atoms with E-state index < -0.39 is 4.92 Å². The summed E-state index contributed by atoms with van der Waals surface area (Å²) in [5, 5.41) is 11.1. The van der Waals surface area contributed by atoms with Gasteiger partial charge in [-0.05, 0) is 30.2 Å². The fourth-order valence-electron chi connectivity index (χ4n) is 2.55. The molecule has 1 unspecified atom stereocenters. The molecule has 0 bridgehead atoms. The lowest BCUT2D eigenvalue weighted by atomic mass is 10.0. The number of guanidine groups is 1. The first-order chi connectivity index (χ1) is 11.1. The second-order valence-corrected chi connectivity index (χ2v) is 5.16. The topological polar surface area (TPSA) is 97.7 Å². The van der Waals surface area contributed by atoms with Gasteiger partial charge in [-0.25, -0.2) is 4.99 Å². The van der Waals surface area contributed by atoms with Gasteiger partial charge in [-0.3, -0.25) is 15.1 Å². The zero-order valence-electron chi connectivity index (χ0n) is 12.5. The number of non-ortho nitro benzene ring substituents is 1. The number of aryl methyl sites for hydroxylation is 1. The molecule has 1 atom stereocenters. The van der Waals surface area contributed by atoms with E-state index >= 15 is 0 Å². The van der Waals surface area contributed by atoms with Crippen molar-refractivity contribution in [1.29, 1.82) is 0 Å². The molecule has 0 spiro atoms. The molecule has 0 amide bonds. The molecule has 0 aliphatic carbocycles. The van der Waals surface area contributed by atoms with Crippen LogP contribution in [0.3, 0.4) is 0 Å².